The minimum atomic E-state index is -1.88. The van der Waals surface area contributed by atoms with Gasteiger partial charge in [-0.15, -0.1) is 0 Å². The molecule has 10 nitrogen and oxygen atoms in total. The molecule has 3 aromatic rings. The van der Waals surface area contributed by atoms with E-state index in [1.165, 1.54) is 0 Å². The van der Waals surface area contributed by atoms with Gasteiger partial charge in [-0.25, -0.2) is 9.59 Å². The lowest BCUT2D eigenvalue weighted by molar-refractivity contribution is -0.145. The number of alkyl carbamates (subject to hydrolysis) is 1. The number of carboxylic acids is 1. The van der Waals surface area contributed by atoms with Gasteiger partial charge in [0.15, 0.2) is 5.54 Å². The maximum absolute atomic E-state index is 12.5. The summed E-state index contributed by atoms with van der Waals surface area (Å²) < 4.78 is 10.3. The van der Waals surface area contributed by atoms with E-state index in [1.54, 1.807) is 0 Å². The van der Waals surface area contributed by atoms with Crippen molar-refractivity contribution in [1.82, 2.24) is 15.8 Å². The number of fused-ring (bicyclic) bond motifs is 3. The van der Waals surface area contributed by atoms with Crippen molar-refractivity contribution in [3.63, 3.8) is 0 Å². The van der Waals surface area contributed by atoms with E-state index in [2.05, 4.69) is 15.8 Å². The summed E-state index contributed by atoms with van der Waals surface area (Å²) in [7, 11) is 0. The molecule has 1 atom stereocenters. The summed E-state index contributed by atoms with van der Waals surface area (Å²) >= 11 is 0. The number of carbonyl (C=O) groups is 3. The molecule has 2 aromatic carbocycles. The Morgan fingerprint density at radius 1 is 1.09 bits per heavy atom. The second kappa shape index (κ2) is 9.36. The van der Waals surface area contributed by atoms with Crippen LogP contribution >= 0.6 is 0 Å². The van der Waals surface area contributed by atoms with Crippen LogP contribution in [-0.2, 0) is 16.1 Å². The number of carboxylic acid groups (broad SMARTS) is 1. The van der Waals surface area contributed by atoms with Crippen molar-refractivity contribution in [1.29, 1.82) is 0 Å². The molecule has 0 bridgehead atoms. The summed E-state index contributed by atoms with van der Waals surface area (Å²) in [6, 6.07) is 15.9. The Bertz CT molecular complexity index is 1190. The summed E-state index contributed by atoms with van der Waals surface area (Å²) in [5.74, 6) is -2.32. The van der Waals surface area contributed by atoms with Crippen molar-refractivity contribution in [2.24, 2.45) is 0 Å². The lowest BCUT2D eigenvalue weighted by Crippen LogP contribution is -2.55. The lowest BCUT2D eigenvalue weighted by atomic mass is 9.98. The van der Waals surface area contributed by atoms with Gasteiger partial charge in [-0.1, -0.05) is 53.7 Å². The van der Waals surface area contributed by atoms with Crippen LogP contribution in [0, 0.1) is 0 Å². The minimum absolute atomic E-state index is 0.0696. The number of aliphatic hydroxyl groups is 1. The molecule has 4 N–H and O–H groups in total. The molecule has 0 saturated carbocycles. The average Bonchev–Trinajstić information content (AvgIpc) is 3.44. The number of aliphatic hydroxyl groups excluding tert-OH is 1. The van der Waals surface area contributed by atoms with Gasteiger partial charge in [-0.05, 0) is 29.2 Å². The predicted octanol–water partition coefficient (Wildman–Crippen LogP) is 2.28. The normalized spacial score (nSPS) is 13.9. The smallest absolute Gasteiger partial charge is 0.407 e. The first-order valence-corrected chi connectivity index (χ1v) is 10.5. The molecule has 176 valence electrons. The van der Waals surface area contributed by atoms with Crippen molar-refractivity contribution in [3.8, 4) is 11.1 Å². The summed E-state index contributed by atoms with van der Waals surface area (Å²) in [6.07, 6.45) is 0.325. The fourth-order valence-corrected chi connectivity index (χ4v) is 3.86. The molecular formula is C24H23N3O7. The largest absolute Gasteiger partial charge is 0.479 e. The van der Waals surface area contributed by atoms with E-state index >= 15 is 0 Å². The number of amides is 2. The average molecular weight is 465 g/mol. The highest BCUT2D eigenvalue weighted by Crippen LogP contribution is 2.44. The van der Waals surface area contributed by atoms with E-state index in [1.807, 2.05) is 48.5 Å². The van der Waals surface area contributed by atoms with E-state index < -0.39 is 30.1 Å². The van der Waals surface area contributed by atoms with E-state index in [0.717, 1.165) is 35.4 Å². The number of nitrogens with one attached hydrogen (secondary N) is 2. The second-order valence-electron chi connectivity index (χ2n) is 8.10. The molecule has 0 saturated heterocycles. The molecule has 1 unspecified atom stereocenters. The van der Waals surface area contributed by atoms with Crippen molar-refractivity contribution in [2.45, 2.75) is 24.9 Å². The third kappa shape index (κ3) is 4.35. The Kier molecular flexibility index (Phi) is 6.33. The number of carbonyl (C=O) groups excluding carboxylic acids is 2. The molecule has 4 rings (SSSR count). The number of ether oxygens (including phenoxy) is 1. The molecule has 34 heavy (non-hydrogen) atoms. The van der Waals surface area contributed by atoms with Crippen molar-refractivity contribution in [3.05, 3.63) is 77.2 Å². The maximum atomic E-state index is 12.5. The van der Waals surface area contributed by atoms with Crippen LogP contribution in [0.15, 0.2) is 59.3 Å². The molecule has 10 heteroatoms. The fraction of sp³-hybridized carbons (Fsp3) is 0.250. The van der Waals surface area contributed by atoms with Gasteiger partial charge < -0.3 is 30.1 Å². The predicted molar refractivity (Wildman–Crippen MR) is 119 cm³/mol. The van der Waals surface area contributed by atoms with Crippen molar-refractivity contribution >= 4 is 18.0 Å². The Hall–Kier alpha value is -4.18. The van der Waals surface area contributed by atoms with Crippen LogP contribution in [0.3, 0.4) is 0 Å². The Balaban J connectivity index is 1.37. The van der Waals surface area contributed by atoms with Gasteiger partial charge in [0.25, 0.3) is 5.91 Å². The third-order valence-electron chi connectivity index (χ3n) is 5.81. The number of aromatic nitrogens is 1. The maximum Gasteiger partial charge on any atom is 0.407 e. The zero-order chi connectivity index (χ0) is 24.3. The first-order valence-electron chi connectivity index (χ1n) is 10.5. The SMILES string of the molecule is CC(CO)(NC(=O)c1conc1CNC(=O)OCC1c2ccccc2-c2ccccc21)C(=O)O. The van der Waals surface area contributed by atoms with Crippen LogP contribution in [0.1, 0.15) is 40.0 Å². The molecule has 1 aliphatic carbocycles. The molecule has 1 heterocycles. The minimum Gasteiger partial charge on any atom is -0.479 e. The number of hydrogen-bond donors (Lipinski definition) is 4. The summed E-state index contributed by atoms with van der Waals surface area (Å²) in [6.45, 7) is 0.292. The number of hydrogen-bond acceptors (Lipinski definition) is 7. The Labute approximate surface area is 194 Å². The lowest BCUT2D eigenvalue weighted by Gasteiger charge is -2.23. The van der Waals surface area contributed by atoms with Crippen molar-refractivity contribution in [2.75, 3.05) is 13.2 Å². The highest BCUT2D eigenvalue weighted by atomic mass is 16.5. The monoisotopic (exact) mass is 465 g/mol. The van der Waals surface area contributed by atoms with Gasteiger partial charge >= 0.3 is 12.1 Å². The van der Waals surface area contributed by atoms with Crippen molar-refractivity contribution < 1.29 is 33.9 Å². The van der Waals surface area contributed by atoms with E-state index in [9.17, 15) is 24.6 Å². The van der Waals surface area contributed by atoms with Gasteiger partial charge in [-0.2, -0.15) is 0 Å². The molecule has 1 aliphatic rings. The molecule has 1 aromatic heterocycles. The Morgan fingerprint density at radius 3 is 2.29 bits per heavy atom. The first-order chi connectivity index (χ1) is 16.3. The van der Waals surface area contributed by atoms with Crippen LogP contribution in [0.25, 0.3) is 11.1 Å². The van der Waals surface area contributed by atoms with Crippen LogP contribution < -0.4 is 10.6 Å². The quantitative estimate of drug-likeness (QED) is 0.396. The molecule has 0 radical (unpaired) electrons. The number of aliphatic carboxylic acids is 1. The van der Waals surface area contributed by atoms with E-state index in [-0.39, 0.29) is 30.3 Å². The van der Waals surface area contributed by atoms with Gasteiger partial charge in [0.05, 0.1) is 13.2 Å². The second-order valence-corrected chi connectivity index (χ2v) is 8.10. The summed E-state index contributed by atoms with van der Waals surface area (Å²) in [4.78, 5) is 36.1. The van der Waals surface area contributed by atoms with Gasteiger partial charge in [0.1, 0.15) is 24.1 Å². The topological polar surface area (TPSA) is 151 Å². The third-order valence-corrected chi connectivity index (χ3v) is 5.81. The zero-order valence-corrected chi connectivity index (χ0v) is 18.3. The molecule has 0 spiro atoms. The fourth-order valence-electron chi connectivity index (χ4n) is 3.86. The molecule has 2 amide bonds. The van der Waals surface area contributed by atoms with Gasteiger partial charge in [-0.3, -0.25) is 4.79 Å². The molecular weight excluding hydrogens is 442 g/mol. The van der Waals surface area contributed by atoms with E-state index in [4.69, 9.17) is 9.26 Å². The number of nitrogens with zero attached hydrogens (tertiary/aromatic N) is 1. The highest BCUT2D eigenvalue weighted by molar-refractivity contribution is 5.98. The highest BCUT2D eigenvalue weighted by Gasteiger charge is 2.35. The molecule has 0 fully saturated rings. The van der Waals surface area contributed by atoms with Gasteiger partial charge in [0, 0.05) is 5.92 Å². The van der Waals surface area contributed by atoms with Crippen LogP contribution in [-0.4, -0.2) is 52.1 Å². The Morgan fingerprint density at radius 2 is 1.71 bits per heavy atom. The standard InChI is InChI=1S/C24H23N3O7/c1-24(13-28,22(30)31)26-21(29)19-12-34-27-20(19)10-25-23(32)33-11-18-16-8-4-2-6-14(16)15-7-3-5-9-17(15)18/h2-9,12,18,28H,10-11,13H2,1H3,(H,25,32)(H,26,29)(H,30,31). The van der Waals surface area contributed by atoms with Crippen LogP contribution in [0.2, 0.25) is 0 Å². The number of benzene rings is 2. The molecule has 0 aliphatic heterocycles. The van der Waals surface area contributed by atoms with Crippen LogP contribution in [0.5, 0.6) is 0 Å². The number of rotatable bonds is 8. The van der Waals surface area contributed by atoms with E-state index in [0.29, 0.717) is 0 Å². The van der Waals surface area contributed by atoms with Crippen LogP contribution in [0.4, 0.5) is 4.79 Å². The zero-order valence-electron chi connectivity index (χ0n) is 18.3. The summed E-state index contributed by atoms with van der Waals surface area (Å²) in [5, 5.41) is 27.0. The summed E-state index contributed by atoms with van der Waals surface area (Å²) in [5.41, 5.74) is 2.51. The first kappa shape index (κ1) is 23.0. The van der Waals surface area contributed by atoms with Gasteiger partial charge in [0.2, 0.25) is 0 Å².